The maximum Gasteiger partial charge on any atom is 0.522 e. The molecule has 8 nitrogen and oxygen atoms in total. The van der Waals surface area contributed by atoms with Gasteiger partial charge in [0.2, 0.25) is 5.89 Å². The standard InChI is InChI=1S/C21H19ClF3N3O5/c22-11-1-2-16-14(7-11)15(29)8-17(31-16)19(30)26-12-3-10(4-12)20-27-18(28-33-20)9-5-13(6-9)32-21(23,24)25/h1-3,7,9-10,13,15,17,29H,4-6,8H2,(H,26,30)/t9-,10?,13+,15-,17+/m1/s1. The summed E-state index contributed by atoms with van der Waals surface area (Å²) in [5.74, 6) is 0.321. The van der Waals surface area contributed by atoms with Gasteiger partial charge in [-0.2, -0.15) is 4.98 Å². The number of aliphatic hydroxyl groups is 1. The van der Waals surface area contributed by atoms with Crippen LogP contribution in [0.5, 0.6) is 5.75 Å². The van der Waals surface area contributed by atoms with Gasteiger partial charge in [-0.05, 0) is 31.0 Å². The molecule has 2 aliphatic carbocycles. The zero-order chi connectivity index (χ0) is 23.3. The number of aromatic nitrogens is 2. The van der Waals surface area contributed by atoms with Gasteiger partial charge in [0.05, 0.1) is 18.1 Å². The minimum Gasteiger partial charge on any atom is -0.480 e. The Balaban J connectivity index is 1.13. The number of allylic oxidation sites excluding steroid dienone is 2. The van der Waals surface area contributed by atoms with E-state index in [0.29, 0.717) is 40.2 Å². The lowest BCUT2D eigenvalue weighted by Crippen LogP contribution is -2.42. The number of amides is 1. The molecule has 0 spiro atoms. The van der Waals surface area contributed by atoms with E-state index in [1.165, 1.54) is 0 Å². The monoisotopic (exact) mass is 485 g/mol. The molecule has 33 heavy (non-hydrogen) atoms. The molecular weight excluding hydrogens is 467 g/mol. The largest absolute Gasteiger partial charge is 0.522 e. The SMILES string of the molecule is O=C(NC1=CC(c2nc([C@H]3C[C@@H](OC(F)(F)F)C3)no2)C1)[C@@H]1C[C@@H](O)c2cc(Cl)ccc2O1. The molecule has 2 N–H and O–H groups in total. The molecule has 1 aromatic heterocycles. The number of hydrogen-bond donors (Lipinski definition) is 2. The van der Waals surface area contributed by atoms with E-state index in [4.69, 9.17) is 20.9 Å². The molecule has 12 heteroatoms. The van der Waals surface area contributed by atoms with Crippen LogP contribution >= 0.6 is 11.6 Å². The Labute approximate surface area is 190 Å². The molecule has 0 bridgehead atoms. The highest BCUT2D eigenvalue weighted by molar-refractivity contribution is 6.30. The van der Waals surface area contributed by atoms with E-state index in [9.17, 15) is 23.1 Å². The molecule has 3 atom stereocenters. The van der Waals surface area contributed by atoms with Crippen molar-refractivity contribution in [3.8, 4) is 5.75 Å². The third-order valence-corrected chi connectivity index (χ3v) is 6.23. The van der Waals surface area contributed by atoms with Crippen LogP contribution in [0.3, 0.4) is 0 Å². The number of fused-ring (bicyclic) bond motifs is 1. The second kappa shape index (κ2) is 8.30. The summed E-state index contributed by atoms with van der Waals surface area (Å²) in [5, 5.41) is 17.4. The smallest absolute Gasteiger partial charge is 0.480 e. The Hall–Kier alpha value is -2.63. The van der Waals surface area contributed by atoms with Gasteiger partial charge in [0.1, 0.15) is 5.75 Å². The topological polar surface area (TPSA) is 107 Å². The molecule has 3 aliphatic rings. The fraction of sp³-hybridized carbons (Fsp3) is 0.476. The number of ether oxygens (including phenoxy) is 2. The van der Waals surface area contributed by atoms with Gasteiger partial charge >= 0.3 is 6.36 Å². The minimum absolute atomic E-state index is 0.101. The first-order valence-corrected chi connectivity index (χ1v) is 10.8. The average Bonchev–Trinajstić information content (AvgIpc) is 3.15. The van der Waals surface area contributed by atoms with Gasteiger partial charge in [-0.1, -0.05) is 22.8 Å². The lowest BCUT2D eigenvalue weighted by atomic mass is 9.81. The number of rotatable bonds is 5. The minimum atomic E-state index is -4.65. The molecule has 0 saturated heterocycles. The molecule has 1 fully saturated rings. The van der Waals surface area contributed by atoms with Crippen molar-refractivity contribution in [2.24, 2.45) is 0 Å². The van der Waals surface area contributed by atoms with Gasteiger partial charge in [-0.3, -0.25) is 9.53 Å². The van der Waals surface area contributed by atoms with Gasteiger partial charge in [-0.15, -0.1) is 13.2 Å². The van der Waals surface area contributed by atoms with Crippen molar-refractivity contribution >= 4 is 17.5 Å². The van der Waals surface area contributed by atoms with E-state index in [-0.39, 0.29) is 37.0 Å². The van der Waals surface area contributed by atoms with Crippen molar-refractivity contribution in [3.63, 3.8) is 0 Å². The van der Waals surface area contributed by atoms with Gasteiger partial charge < -0.3 is 19.7 Å². The number of hydrogen-bond acceptors (Lipinski definition) is 7. The third kappa shape index (κ3) is 4.71. The lowest BCUT2D eigenvalue weighted by molar-refractivity contribution is -0.352. The number of aliphatic hydroxyl groups excluding tert-OH is 1. The van der Waals surface area contributed by atoms with Crippen LogP contribution in [0.25, 0.3) is 0 Å². The van der Waals surface area contributed by atoms with Crippen molar-refractivity contribution in [1.82, 2.24) is 15.5 Å². The Kier molecular flexibility index (Phi) is 5.58. The Morgan fingerprint density at radius 1 is 1.27 bits per heavy atom. The third-order valence-electron chi connectivity index (χ3n) is 5.99. The zero-order valence-corrected chi connectivity index (χ0v) is 17.8. The zero-order valence-electron chi connectivity index (χ0n) is 17.0. The number of alkyl halides is 3. The number of nitrogens with one attached hydrogen (secondary N) is 1. The first-order chi connectivity index (χ1) is 15.6. The molecule has 5 rings (SSSR count). The predicted molar refractivity (Wildman–Crippen MR) is 106 cm³/mol. The van der Waals surface area contributed by atoms with Crippen LogP contribution in [-0.2, 0) is 9.53 Å². The van der Waals surface area contributed by atoms with Crippen LogP contribution < -0.4 is 10.1 Å². The van der Waals surface area contributed by atoms with Gasteiger partial charge in [0.15, 0.2) is 11.9 Å². The summed E-state index contributed by atoms with van der Waals surface area (Å²) < 4.78 is 51.6. The maximum absolute atomic E-state index is 12.6. The van der Waals surface area contributed by atoms with E-state index < -0.39 is 24.7 Å². The highest BCUT2D eigenvalue weighted by Crippen LogP contribution is 2.42. The highest BCUT2D eigenvalue weighted by atomic mass is 35.5. The van der Waals surface area contributed by atoms with E-state index in [0.717, 1.165) is 0 Å². The van der Waals surface area contributed by atoms with Crippen molar-refractivity contribution in [2.45, 2.75) is 62.2 Å². The molecule has 2 aromatic rings. The average molecular weight is 486 g/mol. The Morgan fingerprint density at radius 3 is 2.76 bits per heavy atom. The second-order valence-corrected chi connectivity index (χ2v) is 8.81. The first kappa shape index (κ1) is 22.2. The summed E-state index contributed by atoms with van der Waals surface area (Å²) in [6, 6.07) is 4.85. The Bertz CT molecular complexity index is 1100. The maximum atomic E-state index is 12.6. The van der Waals surface area contributed by atoms with E-state index in [2.05, 4.69) is 20.2 Å². The summed E-state index contributed by atoms with van der Waals surface area (Å²) in [5.41, 5.74) is 1.21. The molecule has 176 valence electrons. The fourth-order valence-corrected chi connectivity index (χ4v) is 4.32. The van der Waals surface area contributed by atoms with Crippen LogP contribution in [-0.4, -0.2) is 39.7 Å². The summed E-state index contributed by atoms with van der Waals surface area (Å²) in [6.07, 6.45) is -4.56. The van der Waals surface area contributed by atoms with Crippen molar-refractivity contribution in [2.75, 3.05) is 0 Å². The normalized spacial score (nSPS) is 28.6. The molecule has 1 aromatic carbocycles. The summed E-state index contributed by atoms with van der Waals surface area (Å²) in [7, 11) is 0. The van der Waals surface area contributed by atoms with Gasteiger partial charge in [-0.25, -0.2) is 0 Å². The van der Waals surface area contributed by atoms with Crippen LogP contribution in [0.4, 0.5) is 13.2 Å². The molecule has 2 heterocycles. The second-order valence-electron chi connectivity index (χ2n) is 8.38. The van der Waals surface area contributed by atoms with Crippen LogP contribution in [0.15, 0.2) is 34.5 Å². The van der Waals surface area contributed by atoms with Gasteiger partial charge in [0, 0.05) is 35.0 Å². The molecule has 1 unspecified atom stereocenters. The number of halogens is 4. The summed E-state index contributed by atoms with van der Waals surface area (Å²) in [4.78, 5) is 16.9. The molecule has 0 radical (unpaired) electrons. The van der Waals surface area contributed by atoms with Crippen molar-refractivity contribution in [1.29, 1.82) is 0 Å². The molecular formula is C21H19ClF3N3O5. The fourth-order valence-electron chi connectivity index (χ4n) is 4.14. The molecule has 1 saturated carbocycles. The van der Waals surface area contributed by atoms with Gasteiger partial charge in [0.25, 0.3) is 5.91 Å². The summed E-state index contributed by atoms with van der Waals surface area (Å²) in [6.45, 7) is 0. The van der Waals surface area contributed by atoms with Crippen LogP contribution in [0, 0.1) is 0 Å². The number of carbonyl (C=O) groups excluding carboxylic acids is 1. The van der Waals surface area contributed by atoms with E-state index in [1.54, 1.807) is 24.3 Å². The number of benzene rings is 1. The molecule has 1 aliphatic heterocycles. The Morgan fingerprint density at radius 2 is 2.03 bits per heavy atom. The lowest BCUT2D eigenvalue weighted by Gasteiger charge is -2.33. The van der Waals surface area contributed by atoms with Crippen LogP contribution in [0.2, 0.25) is 5.02 Å². The van der Waals surface area contributed by atoms with E-state index in [1.807, 2.05) is 0 Å². The predicted octanol–water partition coefficient (Wildman–Crippen LogP) is 3.88. The number of carbonyl (C=O) groups is 1. The molecule has 1 amide bonds. The number of nitrogens with zero attached hydrogens (tertiary/aromatic N) is 2. The van der Waals surface area contributed by atoms with Crippen molar-refractivity contribution < 1.29 is 37.1 Å². The van der Waals surface area contributed by atoms with E-state index >= 15 is 0 Å². The van der Waals surface area contributed by atoms with Crippen molar-refractivity contribution in [3.05, 3.63) is 52.3 Å². The first-order valence-electron chi connectivity index (χ1n) is 10.4. The van der Waals surface area contributed by atoms with Crippen LogP contribution in [0.1, 0.15) is 60.9 Å². The summed E-state index contributed by atoms with van der Waals surface area (Å²) >= 11 is 5.94. The quantitative estimate of drug-likeness (QED) is 0.662. The highest BCUT2D eigenvalue weighted by Gasteiger charge is 2.42.